The molecule has 0 spiro atoms. The Morgan fingerprint density at radius 3 is 2.69 bits per heavy atom. The highest BCUT2D eigenvalue weighted by Crippen LogP contribution is 2.60. The van der Waals surface area contributed by atoms with Crippen molar-refractivity contribution in [2.45, 2.75) is 78.1 Å². The van der Waals surface area contributed by atoms with E-state index in [-0.39, 0.29) is 0 Å². The summed E-state index contributed by atoms with van der Waals surface area (Å²) in [5.74, 6) is 0.537. The number of ketones is 1. The first kappa shape index (κ1) is 12.1. The van der Waals surface area contributed by atoms with Gasteiger partial charge in [-0.3, -0.25) is 4.79 Å². The van der Waals surface area contributed by atoms with E-state index < -0.39 is 0 Å². The smallest absolute Gasteiger partial charge is 0.133 e. The van der Waals surface area contributed by atoms with Crippen LogP contribution in [-0.4, -0.2) is 5.78 Å². The first-order valence-corrected chi connectivity index (χ1v) is 7.14. The van der Waals surface area contributed by atoms with Crippen molar-refractivity contribution in [1.29, 1.82) is 0 Å². The molecule has 2 rings (SSSR count). The Hall–Kier alpha value is -0.330. The third kappa shape index (κ3) is 1.94. The Labute approximate surface area is 100.0 Å². The van der Waals surface area contributed by atoms with Gasteiger partial charge < -0.3 is 0 Å². The van der Waals surface area contributed by atoms with Gasteiger partial charge in [0, 0.05) is 12.8 Å². The van der Waals surface area contributed by atoms with Crippen molar-refractivity contribution in [2.24, 2.45) is 10.8 Å². The molecule has 2 aliphatic rings. The maximum Gasteiger partial charge on any atom is 0.133 e. The summed E-state index contributed by atoms with van der Waals surface area (Å²) in [7, 11) is 0. The summed E-state index contributed by atoms with van der Waals surface area (Å²) in [4.78, 5) is 11.8. The predicted octanol–water partition coefficient (Wildman–Crippen LogP) is 4.50. The molecule has 0 unspecified atom stereocenters. The Morgan fingerprint density at radius 1 is 1.19 bits per heavy atom. The van der Waals surface area contributed by atoms with E-state index in [1.165, 1.54) is 44.9 Å². The molecule has 0 saturated heterocycles. The molecule has 2 atom stereocenters. The first-order valence-electron chi connectivity index (χ1n) is 7.14. The quantitative estimate of drug-likeness (QED) is 0.687. The number of hydrogen-bond donors (Lipinski definition) is 0. The van der Waals surface area contributed by atoms with Crippen LogP contribution in [0, 0.1) is 10.8 Å². The first-order chi connectivity index (χ1) is 7.62. The van der Waals surface area contributed by atoms with Gasteiger partial charge in [0.25, 0.3) is 0 Å². The normalized spacial score (nSPS) is 39.5. The van der Waals surface area contributed by atoms with Crippen molar-refractivity contribution >= 4 is 5.78 Å². The average molecular weight is 222 g/mol. The Morgan fingerprint density at radius 2 is 1.94 bits per heavy atom. The van der Waals surface area contributed by atoms with Gasteiger partial charge in [-0.05, 0) is 36.5 Å². The van der Waals surface area contributed by atoms with Crippen molar-refractivity contribution in [2.75, 3.05) is 0 Å². The molecular weight excluding hydrogens is 196 g/mol. The van der Waals surface area contributed by atoms with Crippen LogP contribution >= 0.6 is 0 Å². The minimum absolute atomic E-state index is 0.386. The summed E-state index contributed by atoms with van der Waals surface area (Å²) in [5.41, 5.74) is 0.866. The van der Waals surface area contributed by atoms with E-state index in [2.05, 4.69) is 13.8 Å². The molecule has 2 aliphatic carbocycles. The summed E-state index contributed by atoms with van der Waals surface area (Å²) in [6.45, 7) is 4.73. The van der Waals surface area contributed by atoms with Gasteiger partial charge in [-0.1, -0.05) is 39.5 Å². The summed E-state index contributed by atoms with van der Waals surface area (Å²) < 4.78 is 0. The fraction of sp³-hybridized carbons (Fsp3) is 0.933. The van der Waals surface area contributed by atoms with Crippen LogP contribution in [0.4, 0.5) is 0 Å². The Bertz CT molecular complexity index is 271. The molecular formula is C15H26O. The molecule has 0 bridgehead atoms. The van der Waals surface area contributed by atoms with Crippen LogP contribution in [0.2, 0.25) is 0 Å². The lowest BCUT2D eigenvalue weighted by Crippen LogP contribution is -2.47. The van der Waals surface area contributed by atoms with Gasteiger partial charge >= 0.3 is 0 Å². The molecule has 0 aromatic carbocycles. The summed E-state index contributed by atoms with van der Waals surface area (Å²) in [6.07, 6.45) is 12.2. The molecule has 0 N–H and O–H groups in total. The van der Waals surface area contributed by atoms with Crippen LogP contribution in [0.25, 0.3) is 0 Å². The Kier molecular flexibility index (Phi) is 3.42. The second-order valence-corrected chi connectivity index (χ2v) is 6.37. The van der Waals surface area contributed by atoms with Crippen LogP contribution in [0.15, 0.2) is 0 Å². The van der Waals surface area contributed by atoms with E-state index in [0.29, 0.717) is 16.6 Å². The molecule has 0 aromatic rings. The minimum Gasteiger partial charge on any atom is -0.300 e. The van der Waals surface area contributed by atoms with Crippen molar-refractivity contribution < 1.29 is 4.79 Å². The van der Waals surface area contributed by atoms with Crippen LogP contribution < -0.4 is 0 Å². The molecule has 0 aliphatic heterocycles. The minimum atomic E-state index is 0.386. The molecule has 0 radical (unpaired) electrons. The Balaban J connectivity index is 2.20. The van der Waals surface area contributed by atoms with Crippen molar-refractivity contribution in [3.8, 4) is 0 Å². The van der Waals surface area contributed by atoms with E-state index in [0.717, 1.165) is 19.3 Å². The summed E-state index contributed by atoms with van der Waals surface area (Å²) in [6, 6.07) is 0. The third-order valence-electron chi connectivity index (χ3n) is 5.41. The number of unbranched alkanes of at least 4 members (excludes halogenated alkanes) is 1. The third-order valence-corrected chi connectivity index (χ3v) is 5.41. The van der Waals surface area contributed by atoms with Gasteiger partial charge in [-0.25, -0.2) is 0 Å². The van der Waals surface area contributed by atoms with Crippen molar-refractivity contribution in [1.82, 2.24) is 0 Å². The lowest BCUT2D eigenvalue weighted by molar-refractivity contribution is -0.135. The zero-order valence-corrected chi connectivity index (χ0v) is 11.0. The second kappa shape index (κ2) is 4.50. The zero-order valence-electron chi connectivity index (χ0n) is 11.0. The van der Waals surface area contributed by atoms with Crippen LogP contribution in [-0.2, 0) is 4.79 Å². The number of rotatable bonds is 3. The second-order valence-electron chi connectivity index (χ2n) is 6.37. The molecule has 0 amide bonds. The van der Waals surface area contributed by atoms with Crippen LogP contribution in [0.1, 0.15) is 78.1 Å². The van der Waals surface area contributed by atoms with Gasteiger partial charge in [-0.15, -0.1) is 0 Å². The van der Waals surface area contributed by atoms with Crippen molar-refractivity contribution in [3.63, 3.8) is 0 Å². The SMILES string of the molecule is CCCC[C@@]12CCCC[C@]1(C)CCC(=O)C2. The molecule has 0 aromatic heterocycles. The topological polar surface area (TPSA) is 17.1 Å². The molecule has 2 fully saturated rings. The number of carbonyl (C=O) groups is 1. The number of Topliss-reactive ketones (excluding diaryl/α,β-unsaturated/α-hetero) is 1. The number of carbonyl (C=O) groups excluding carboxylic acids is 1. The standard InChI is InChI=1S/C15H26O/c1-3-4-9-15-10-6-5-8-14(15,2)11-7-13(16)12-15/h3-12H2,1-2H3/t14-,15+/m1/s1. The highest BCUT2D eigenvalue weighted by Gasteiger charge is 2.51. The lowest BCUT2D eigenvalue weighted by atomic mass is 9.49. The van der Waals surface area contributed by atoms with E-state index in [4.69, 9.17) is 0 Å². The maximum atomic E-state index is 11.8. The zero-order chi connectivity index (χ0) is 11.6. The van der Waals surface area contributed by atoms with Gasteiger partial charge in [0.15, 0.2) is 0 Å². The molecule has 2 saturated carbocycles. The molecule has 1 nitrogen and oxygen atoms in total. The summed E-state index contributed by atoms with van der Waals surface area (Å²) in [5, 5.41) is 0. The van der Waals surface area contributed by atoms with Gasteiger partial charge in [0.05, 0.1) is 0 Å². The highest BCUT2D eigenvalue weighted by molar-refractivity contribution is 5.80. The highest BCUT2D eigenvalue weighted by atomic mass is 16.1. The molecule has 16 heavy (non-hydrogen) atoms. The van der Waals surface area contributed by atoms with E-state index in [9.17, 15) is 4.79 Å². The van der Waals surface area contributed by atoms with E-state index >= 15 is 0 Å². The van der Waals surface area contributed by atoms with Gasteiger partial charge in [0.2, 0.25) is 0 Å². The predicted molar refractivity (Wildman–Crippen MR) is 67.4 cm³/mol. The number of fused-ring (bicyclic) bond motifs is 1. The summed E-state index contributed by atoms with van der Waals surface area (Å²) >= 11 is 0. The fourth-order valence-electron chi connectivity index (χ4n) is 4.15. The maximum absolute atomic E-state index is 11.8. The lowest BCUT2D eigenvalue weighted by Gasteiger charge is -2.55. The fourth-order valence-corrected chi connectivity index (χ4v) is 4.15. The van der Waals surface area contributed by atoms with Crippen LogP contribution in [0.5, 0.6) is 0 Å². The van der Waals surface area contributed by atoms with Crippen molar-refractivity contribution in [3.05, 3.63) is 0 Å². The number of hydrogen-bond acceptors (Lipinski definition) is 1. The molecule has 1 heteroatoms. The molecule has 92 valence electrons. The largest absolute Gasteiger partial charge is 0.300 e. The van der Waals surface area contributed by atoms with E-state index in [1.807, 2.05) is 0 Å². The van der Waals surface area contributed by atoms with Gasteiger partial charge in [-0.2, -0.15) is 0 Å². The average Bonchev–Trinajstić information content (AvgIpc) is 2.27. The molecule has 0 heterocycles. The van der Waals surface area contributed by atoms with Crippen LogP contribution in [0.3, 0.4) is 0 Å². The van der Waals surface area contributed by atoms with E-state index in [1.54, 1.807) is 0 Å². The van der Waals surface area contributed by atoms with Gasteiger partial charge in [0.1, 0.15) is 5.78 Å². The monoisotopic (exact) mass is 222 g/mol.